The minimum atomic E-state index is -3.78. The number of primary sulfonamides is 1. The maximum Gasteiger partial charge on any atom is 0.253 e. The van der Waals surface area contributed by atoms with E-state index in [1.54, 1.807) is 43.3 Å². The highest BCUT2D eigenvalue weighted by Crippen LogP contribution is 2.19. The maximum atomic E-state index is 12.2. The Morgan fingerprint density at radius 3 is 2.50 bits per heavy atom. The van der Waals surface area contributed by atoms with Gasteiger partial charge in [-0.15, -0.1) is 0 Å². The fourth-order valence-electron chi connectivity index (χ4n) is 1.96. The van der Waals surface area contributed by atoms with Crippen LogP contribution in [0, 0.1) is 0 Å². The Kier molecular flexibility index (Phi) is 4.85. The van der Waals surface area contributed by atoms with Crippen molar-refractivity contribution in [2.45, 2.75) is 17.9 Å². The fraction of sp³-hybridized carbons (Fsp3) is 0.133. The van der Waals surface area contributed by atoms with Gasteiger partial charge in [0.25, 0.3) is 5.91 Å². The Bertz CT molecular complexity index is 806. The molecule has 0 aromatic heterocycles. The van der Waals surface area contributed by atoms with Crippen LogP contribution in [-0.2, 0) is 10.0 Å². The van der Waals surface area contributed by atoms with Gasteiger partial charge in [0.2, 0.25) is 10.0 Å². The van der Waals surface area contributed by atoms with Crippen LogP contribution in [-0.4, -0.2) is 14.3 Å². The van der Waals surface area contributed by atoms with Crippen molar-refractivity contribution < 1.29 is 13.2 Å². The largest absolute Gasteiger partial charge is 0.345 e. The molecule has 1 atom stereocenters. The molecule has 7 heteroatoms. The van der Waals surface area contributed by atoms with Gasteiger partial charge in [-0.05, 0) is 36.8 Å². The zero-order chi connectivity index (χ0) is 16.3. The number of carbonyl (C=O) groups excluding carboxylic acids is 1. The molecule has 1 amide bonds. The SMILES string of the molecule is C[C@@H](NC(=O)c1ccccc1Cl)c1cccc(S(N)(=O)=O)c1. The molecule has 116 valence electrons. The van der Waals surface area contributed by atoms with E-state index in [-0.39, 0.29) is 10.8 Å². The van der Waals surface area contributed by atoms with Gasteiger partial charge >= 0.3 is 0 Å². The molecule has 0 fully saturated rings. The molecule has 22 heavy (non-hydrogen) atoms. The van der Waals surface area contributed by atoms with Crippen molar-refractivity contribution in [1.82, 2.24) is 5.32 Å². The molecule has 0 unspecified atom stereocenters. The molecule has 0 bridgehead atoms. The Morgan fingerprint density at radius 2 is 1.86 bits per heavy atom. The summed E-state index contributed by atoms with van der Waals surface area (Å²) in [4.78, 5) is 12.2. The van der Waals surface area contributed by atoms with Gasteiger partial charge in [0, 0.05) is 0 Å². The minimum Gasteiger partial charge on any atom is -0.345 e. The lowest BCUT2D eigenvalue weighted by Crippen LogP contribution is -2.27. The molecule has 0 aliphatic rings. The molecule has 0 spiro atoms. The molecule has 2 aromatic rings. The predicted octanol–water partition coefficient (Wildman–Crippen LogP) is 2.48. The Hall–Kier alpha value is -1.89. The molecule has 0 saturated heterocycles. The highest BCUT2D eigenvalue weighted by molar-refractivity contribution is 7.89. The van der Waals surface area contributed by atoms with Crippen molar-refractivity contribution >= 4 is 27.5 Å². The maximum absolute atomic E-state index is 12.2. The number of hydrogen-bond donors (Lipinski definition) is 2. The topological polar surface area (TPSA) is 89.3 Å². The zero-order valence-corrected chi connectivity index (χ0v) is 13.4. The summed E-state index contributed by atoms with van der Waals surface area (Å²) >= 11 is 5.98. The molecule has 3 N–H and O–H groups in total. The summed E-state index contributed by atoms with van der Waals surface area (Å²) in [5.74, 6) is -0.334. The molecule has 0 heterocycles. The first-order chi connectivity index (χ1) is 10.3. The standard InChI is InChI=1S/C15H15ClN2O3S/c1-10(11-5-4-6-12(9-11)22(17,20)21)18-15(19)13-7-2-3-8-14(13)16/h2-10H,1H3,(H,18,19)(H2,17,20,21)/t10-/m1/s1. The zero-order valence-electron chi connectivity index (χ0n) is 11.8. The molecule has 0 aliphatic carbocycles. The van der Waals surface area contributed by atoms with Crippen molar-refractivity contribution in [1.29, 1.82) is 0 Å². The Balaban J connectivity index is 2.21. The fourth-order valence-corrected chi connectivity index (χ4v) is 2.75. The summed E-state index contributed by atoms with van der Waals surface area (Å²) in [6, 6.07) is 12.4. The number of sulfonamides is 1. The average Bonchev–Trinajstić information content (AvgIpc) is 2.46. The lowest BCUT2D eigenvalue weighted by molar-refractivity contribution is 0.0940. The van der Waals surface area contributed by atoms with Crippen molar-refractivity contribution in [2.75, 3.05) is 0 Å². The van der Waals surface area contributed by atoms with Gasteiger partial charge in [-0.3, -0.25) is 4.79 Å². The minimum absolute atomic E-state index is 0.00356. The van der Waals surface area contributed by atoms with Gasteiger partial charge in [0.15, 0.2) is 0 Å². The van der Waals surface area contributed by atoms with Crippen LogP contribution in [0.1, 0.15) is 28.9 Å². The van der Waals surface area contributed by atoms with E-state index in [9.17, 15) is 13.2 Å². The lowest BCUT2D eigenvalue weighted by atomic mass is 10.1. The van der Waals surface area contributed by atoms with Gasteiger partial charge in [0.05, 0.1) is 21.5 Å². The molecular formula is C15H15ClN2O3S. The van der Waals surface area contributed by atoms with E-state index in [1.807, 2.05) is 0 Å². The normalized spacial score (nSPS) is 12.7. The summed E-state index contributed by atoms with van der Waals surface area (Å²) in [5.41, 5.74) is 0.991. The first kappa shape index (κ1) is 16.5. The molecule has 2 rings (SSSR count). The van der Waals surface area contributed by atoms with Crippen LogP contribution >= 0.6 is 11.6 Å². The van der Waals surface area contributed by atoms with Gasteiger partial charge < -0.3 is 5.32 Å². The van der Waals surface area contributed by atoms with E-state index >= 15 is 0 Å². The second-order valence-electron chi connectivity index (χ2n) is 4.79. The second kappa shape index (κ2) is 6.48. The third kappa shape index (κ3) is 3.85. The van der Waals surface area contributed by atoms with Crippen LogP contribution in [0.25, 0.3) is 0 Å². The van der Waals surface area contributed by atoms with Crippen LogP contribution in [0.4, 0.5) is 0 Å². The van der Waals surface area contributed by atoms with Crippen molar-refractivity contribution in [3.8, 4) is 0 Å². The molecule has 5 nitrogen and oxygen atoms in total. The molecular weight excluding hydrogens is 324 g/mol. The summed E-state index contributed by atoms with van der Waals surface area (Å²) in [6.07, 6.45) is 0. The van der Waals surface area contributed by atoms with Crippen molar-refractivity contribution in [2.24, 2.45) is 5.14 Å². The average molecular weight is 339 g/mol. The number of halogens is 1. The number of amides is 1. The molecule has 2 aromatic carbocycles. The smallest absolute Gasteiger partial charge is 0.253 e. The lowest BCUT2D eigenvalue weighted by Gasteiger charge is -2.15. The van der Waals surface area contributed by atoms with E-state index in [2.05, 4.69) is 5.32 Å². The number of hydrogen-bond acceptors (Lipinski definition) is 3. The number of nitrogens with one attached hydrogen (secondary N) is 1. The van der Waals surface area contributed by atoms with Crippen LogP contribution in [0.5, 0.6) is 0 Å². The van der Waals surface area contributed by atoms with Crippen LogP contribution in [0.3, 0.4) is 0 Å². The molecule has 0 saturated carbocycles. The van der Waals surface area contributed by atoms with Crippen molar-refractivity contribution in [3.63, 3.8) is 0 Å². The summed E-state index contributed by atoms with van der Waals surface area (Å²) in [7, 11) is -3.78. The van der Waals surface area contributed by atoms with Crippen LogP contribution < -0.4 is 10.5 Å². The van der Waals surface area contributed by atoms with Gasteiger partial charge in [-0.2, -0.15) is 0 Å². The van der Waals surface area contributed by atoms with Crippen molar-refractivity contribution in [3.05, 3.63) is 64.7 Å². The number of benzene rings is 2. The highest BCUT2D eigenvalue weighted by Gasteiger charge is 2.15. The number of carbonyl (C=O) groups is 1. The number of nitrogens with two attached hydrogens (primary N) is 1. The summed E-state index contributed by atoms with van der Waals surface area (Å²) in [6.45, 7) is 1.75. The van der Waals surface area contributed by atoms with Gasteiger partial charge in [-0.25, -0.2) is 13.6 Å². The third-order valence-electron chi connectivity index (χ3n) is 3.15. The van der Waals surface area contributed by atoms with E-state index in [0.717, 1.165) is 0 Å². The van der Waals surface area contributed by atoms with Crippen LogP contribution in [0.15, 0.2) is 53.4 Å². The second-order valence-corrected chi connectivity index (χ2v) is 6.76. The monoisotopic (exact) mass is 338 g/mol. The van der Waals surface area contributed by atoms with E-state index < -0.39 is 16.1 Å². The Morgan fingerprint density at radius 1 is 1.18 bits per heavy atom. The number of rotatable bonds is 4. The third-order valence-corrected chi connectivity index (χ3v) is 4.39. The van der Waals surface area contributed by atoms with E-state index in [0.29, 0.717) is 16.1 Å². The highest BCUT2D eigenvalue weighted by atomic mass is 35.5. The Labute approximate surface area is 134 Å². The summed E-state index contributed by atoms with van der Waals surface area (Å²) < 4.78 is 22.7. The van der Waals surface area contributed by atoms with Gasteiger partial charge in [-0.1, -0.05) is 35.9 Å². The predicted molar refractivity (Wildman–Crippen MR) is 85.1 cm³/mol. The quantitative estimate of drug-likeness (QED) is 0.897. The summed E-state index contributed by atoms with van der Waals surface area (Å²) in [5, 5.41) is 8.23. The molecule has 0 aliphatic heterocycles. The molecule has 0 radical (unpaired) electrons. The first-order valence-corrected chi connectivity index (χ1v) is 8.39. The van der Waals surface area contributed by atoms with E-state index in [1.165, 1.54) is 12.1 Å². The van der Waals surface area contributed by atoms with Crippen LogP contribution in [0.2, 0.25) is 5.02 Å². The van der Waals surface area contributed by atoms with Gasteiger partial charge in [0.1, 0.15) is 0 Å². The first-order valence-electron chi connectivity index (χ1n) is 6.47. The van der Waals surface area contributed by atoms with E-state index in [4.69, 9.17) is 16.7 Å².